The van der Waals surface area contributed by atoms with Gasteiger partial charge in [0, 0.05) is 33.0 Å². The van der Waals surface area contributed by atoms with E-state index < -0.39 is 0 Å². The number of nitrogens with zero attached hydrogens (tertiary/aromatic N) is 3. The standard InChI is InChI=1S/C51H33N3O/c1-5-14-34(15-6-1)36-24-26-38(27-25-36)42-32-44(39-30-28-37(29-31-39)35-16-7-2-8-17-35)48-45(33-42)47-43(22-13-23-46(47)55-48)51-53-49(40-18-9-3-10-19-40)52-50(54-51)41-20-11-4-12-21-41/h1-33H/i1D,2D. The number of hydrogen-bond acceptors (Lipinski definition) is 4. The second-order valence-electron chi connectivity index (χ2n) is 13.5. The second-order valence-corrected chi connectivity index (χ2v) is 13.5. The van der Waals surface area contributed by atoms with Gasteiger partial charge in [-0.2, -0.15) is 0 Å². The lowest BCUT2D eigenvalue weighted by atomic mass is 9.93. The molecule has 0 aliphatic rings. The lowest BCUT2D eigenvalue weighted by Crippen LogP contribution is -2.00. The fourth-order valence-corrected chi connectivity index (χ4v) is 7.28. The van der Waals surface area contributed by atoms with Gasteiger partial charge in [0.2, 0.25) is 0 Å². The van der Waals surface area contributed by atoms with Gasteiger partial charge in [-0.1, -0.05) is 182 Å². The van der Waals surface area contributed by atoms with Crippen LogP contribution in [-0.4, -0.2) is 15.0 Å². The van der Waals surface area contributed by atoms with Crippen LogP contribution in [0.25, 0.3) is 101 Å². The molecule has 258 valence electrons. The quantitative estimate of drug-likeness (QED) is 0.166. The van der Waals surface area contributed by atoms with Crippen LogP contribution >= 0.6 is 0 Å². The fraction of sp³-hybridized carbons (Fsp3) is 0. The zero-order valence-electron chi connectivity index (χ0n) is 31.6. The molecule has 10 aromatic rings. The van der Waals surface area contributed by atoms with Crippen molar-refractivity contribution in [3.05, 3.63) is 200 Å². The normalized spacial score (nSPS) is 11.8. The highest BCUT2D eigenvalue weighted by Crippen LogP contribution is 2.43. The molecule has 2 aromatic heterocycles. The van der Waals surface area contributed by atoms with Crippen LogP contribution in [0.4, 0.5) is 0 Å². The molecule has 0 saturated heterocycles. The van der Waals surface area contributed by atoms with Gasteiger partial charge in [-0.05, 0) is 57.1 Å². The Labute approximate surface area is 321 Å². The Kier molecular flexibility index (Phi) is 7.57. The third-order valence-electron chi connectivity index (χ3n) is 10.1. The summed E-state index contributed by atoms with van der Waals surface area (Å²) in [5.74, 6) is 1.76. The molecular weight excluding hydrogens is 671 g/mol. The number of aromatic nitrogens is 3. The third kappa shape index (κ3) is 6.16. The predicted molar refractivity (Wildman–Crippen MR) is 225 cm³/mol. The Bertz CT molecular complexity index is 2980. The Morgan fingerprint density at radius 2 is 0.800 bits per heavy atom. The molecule has 0 fully saturated rings. The van der Waals surface area contributed by atoms with Gasteiger partial charge < -0.3 is 4.42 Å². The average molecular weight is 706 g/mol. The van der Waals surface area contributed by atoms with Crippen molar-refractivity contribution in [2.75, 3.05) is 0 Å². The molecule has 4 nitrogen and oxygen atoms in total. The minimum atomic E-state index is 0.488. The lowest BCUT2D eigenvalue weighted by molar-refractivity contribution is 0.670. The van der Waals surface area contributed by atoms with Crippen LogP contribution in [0.5, 0.6) is 0 Å². The Balaban J connectivity index is 1.18. The molecule has 0 atom stereocenters. The lowest BCUT2D eigenvalue weighted by Gasteiger charge is -2.11. The van der Waals surface area contributed by atoms with Crippen molar-refractivity contribution in [1.82, 2.24) is 15.0 Å². The summed E-state index contributed by atoms with van der Waals surface area (Å²) < 4.78 is 22.7. The number of benzene rings is 8. The van der Waals surface area contributed by atoms with Crippen LogP contribution in [-0.2, 0) is 0 Å². The second kappa shape index (κ2) is 13.8. The van der Waals surface area contributed by atoms with Gasteiger partial charge in [0.25, 0.3) is 0 Å². The summed E-state index contributed by atoms with van der Waals surface area (Å²) in [5.41, 5.74) is 12.6. The Hall–Kier alpha value is -7.43. The van der Waals surface area contributed by atoms with Gasteiger partial charge in [0.1, 0.15) is 11.2 Å². The van der Waals surface area contributed by atoms with Crippen LogP contribution in [0.15, 0.2) is 205 Å². The molecule has 0 spiro atoms. The van der Waals surface area contributed by atoms with Crippen molar-refractivity contribution >= 4 is 21.9 Å². The molecule has 0 unspecified atom stereocenters. The smallest absolute Gasteiger partial charge is 0.164 e. The number of rotatable bonds is 7. The van der Waals surface area contributed by atoms with Gasteiger partial charge in [-0.15, -0.1) is 0 Å². The molecule has 4 heteroatoms. The van der Waals surface area contributed by atoms with Crippen molar-refractivity contribution in [3.8, 4) is 78.7 Å². The highest BCUT2D eigenvalue weighted by molar-refractivity contribution is 6.16. The molecule has 0 aliphatic carbocycles. The summed E-state index contributed by atoms with van der Waals surface area (Å²) in [6.07, 6.45) is 0. The summed E-state index contributed by atoms with van der Waals surface area (Å²) in [6.45, 7) is 0. The molecular formula is C51H33N3O. The van der Waals surface area contributed by atoms with Crippen molar-refractivity contribution in [2.24, 2.45) is 0 Å². The van der Waals surface area contributed by atoms with E-state index in [4.69, 9.17) is 22.1 Å². The first kappa shape index (κ1) is 30.1. The SMILES string of the molecule is [2H]c1ccc(-c2ccc(-c3cc(-c4ccc(-c5ccc([2H])cc5)cc4)c4oc5cccc(-c6nc(-c7ccccc7)nc(-c7ccccc7)n6)c5c4c3)cc2)cc1. The van der Waals surface area contributed by atoms with E-state index in [9.17, 15) is 0 Å². The molecule has 0 amide bonds. The van der Waals surface area contributed by atoms with Gasteiger partial charge in [-0.3, -0.25) is 0 Å². The first-order chi connectivity index (χ1) is 28.0. The Morgan fingerprint density at radius 1 is 0.345 bits per heavy atom. The fourth-order valence-electron chi connectivity index (χ4n) is 7.28. The van der Waals surface area contributed by atoms with Crippen molar-refractivity contribution in [1.29, 1.82) is 0 Å². The van der Waals surface area contributed by atoms with E-state index in [0.717, 1.165) is 83.1 Å². The summed E-state index contributed by atoms with van der Waals surface area (Å²) in [6, 6.07) is 63.8. The zero-order chi connectivity index (χ0) is 38.3. The van der Waals surface area contributed by atoms with Crippen molar-refractivity contribution < 1.29 is 7.16 Å². The van der Waals surface area contributed by atoms with Gasteiger partial charge in [-0.25, -0.2) is 15.0 Å². The first-order valence-electron chi connectivity index (χ1n) is 19.3. The maximum atomic E-state index is 7.92. The van der Waals surface area contributed by atoms with Crippen LogP contribution in [0.2, 0.25) is 0 Å². The summed E-state index contributed by atoms with van der Waals surface area (Å²) in [7, 11) is 0. The van der Waals surface area contributed by atoms with Gasteiger partial charge in [0.05, 0.1) is 2.74 Å². The predicted octanol–water partition coefficient (Wildman–Crippen LogP) is 13.4. The van der Waals surface area contributed by atoms with E-state index in [1.54, 1.807) is 0 Å². The zero-order valence-corrected chi connectivity index (χ0v) is 29.6. The average Bonchev–Trinajstić information content (AvgIpc) is 3.66. The van der Waals surface area contributed by atoms with E-state index in [2.05, 4.69) is 66.7 Å². The van der Waals surface area contributed by atoms with Crippen LogP contribution in [0.1, 0.15) is 2.74 Å². The van der Waals surface area contributed by atoms with E-state index in [1.807, 2.05) is 121 Å². The number of hydrogen-bond donors (Lipinski definition) is 0. The highest BCUT2D eigenvalue weighted by Gasteiger charge is 2.21. The van der Waals surface area contributed by atoms with E-state index in [0.29, 0.717) is 29.6 Å². The van der Waals surface area contributed by atoms with E-state index >= 15 is 0 Å². The molecule has 0 bridgehead atoms. The topological polar surface area (TPSA) is 51.8 Å². The molecule has 2 heterocycles. The maximum Gasteiger partial charge on any atom is 0.164 e. The molecule has 0 aliphatic heterocycles. The maximum absolute atomic E-state index is 7.92. The number of furan rings is 1. The minimum absolute atomic E-state index is 0.488. The molecule has 0 saturated carbocycles. The van der Waals surface area contributed by atoms with Gasteiger partial charge in [0.15, 0.2) is 17.5 Å². The summed E-state index contributed by atoms with van der Waals surface area (Å²) >= 11 is 0. The summed E-state index contributed by atoms with van der Waals surface area (Å²) in [4.78, 5) is 15.1. The van der Waals surface area contributed by atoms with E-state index in [-0.39, 0.29) is 0 Å². The highest BCUT2D eigenvalue weighted by atomic mass is 16.3. The van der Waals surface area contributed by atoms with Crippen molar-refractivity contribution in [3.63, 3.8) is 0 Å². The van der Waals surface area contributed by atoms with Crippen molar-refractivity contribution in [2.45, 2.75) is 0 Å². The number of fused-ring (bicyclic) bond motifs is 3. The van der Waals surface area contributed by atoms with Crippen LogP contribution in [0, 0.1) is 0 Å². The largest absolute Gasteiger partial charge is 0.455 e. The Morgan fingerprint density at radius 3 is 1.35 bits per heavy atom. The van der Waals surface area contributed by atoms with E-state index in [1.165, 1.54) is 0 Å². The third-order valence-corrected chi connectivity index (χ3v) is 10.1. The van der Waals surface area contributed by atoms with Crippen LogP contribution in [0.3, 0.4) is 0 Å². The summed E-state index contributed by atoms with van der Waals surface area (Å²) in [5, 5.41) is 1.89. The molecule has 0 radical (unpaired) electrons. The first-order valence-corrected chi connectivity index (χ1v) is 18.3. The van der Waals surface area contributed by atoms with Gasteiger partial charge >= 0.3 is 0 Å². The minimum Gasteiger partial charge on any atom is -0.455 e. The van der Waals surface area contributed by atoms with Crippen LogP contribution < -0.4 is 0 Å². The molecule has 55 heavy (non-hydrogen) atoms. The molecule has 8 aromatic carbocycles. The monoisotopic (exact) mass is 705 g/mol. The molecule has 10 rings (SSSR count). The molecule has 0 N–H and O–H groups in total.